The van der Waals surface area contributed by atoms with Crippen LogP contribution < -0.4 is 11.1 Å². The van der Waals surface area contributed by atoms with E-state index in [1.807, 2.05) is 13.8 Å². The van der Waals surface area contributed by atoms with Gasteiger partial charge in [0, 0.05) is 13.6 Å². The van der Waals surface area contributed by atoms with Gasteiger partial charge in [0.25, 0.3) is 5.91 Å². The van der Waals surface area contributed by atoms with Gasteiger partial charge in [-0.2, -0.15) is 10.2 Å². The second-order valence-electron chi connectivity index (χ2n) is 4.62. The van der Waals surface area contributed by atoms with Gasteiger partial charge in [-0.05, 0) is 26.3 Å². The SMILES string of the molecule is CCc1cc(C(=O)Nc2c(N)c(C)nn2C)n(CC)n1. The number of hydrogen-bond acceptors (Lipinski definition) is 4. The number of aromatic nitrogens is 4. The standard InChI is InChI=1S/C13H20N6O/c1-5-9-7-10(19(6-2)17-9)13(20)15-12-11(14)8(3)16-18(12)4/h7H,5-6,14H2,1-4H3,(H,15,20). The van der Waals surface area contributed by atoms with E-state index in [4.69, 9.17) is 5.73 Å². The van der Waals surface area contributed by atoms with Crippen molar-refractivity contribution in [3.63, 3.8) is 0 Å². The van der Waals surface area contributed by atoms with Gasteiger partial charge in [0.15, 0.2) is 5.82 Å². The molecule has 0 fully saturated rings. The molecule has 0 aliphatic carbocycles. The lowest BCUT2D eigenvalue weighted by atomic mass is 10.3. The molecule has 0 saturated carbocycles. The van der Waals surface area contributed by atoms with Crippen LogP contribution in [0.25, 0.3) is 0 Å². The number of rotatable bonds is 4. The van der Waals surface area contributed by atoms with E-state index < -0.39 is 0 Å². The molecule has 7 heteroatoms. The topological polar surface area (TPSA) is 90.8 Å². The molecule has 2 heterocycles. The zero-order valence-corrected chi connectivity index (χ0v) is 12.3. The Bertz CT molecular complexity index is 640. The van der Waals surface area contributed by atoms with Gasteiger partial charge in [-0.15, -0.1) is 0 Å². The highest BCUT2D eigenvalue weighted by Crippen LogP contribution is 2.21. The lowest BCUT2D eigenvalue weighted by Gasteiger charge is -2.07. The summed E-state index contributed by atoms with van der Waals surface area (Å²) in [7, 11) is 1.74. The van der Waals surface area contributed by atoms with Crippen LogP contribution in [-0.2, 0) is 20.0 Å². The van der Waals surface area contributed by atoms with Crippen molar-refractivity contribution < 1.29 is 4.79 Å². The maximum absolute atomic E-state index is 12.4. The fourth-order valence-electron chi connectivity index (χ4n) is 2.06. The van der Waals surface area contributed by atoms with Gasteiger partial charge in [-0.1, -0.05) is 6.92 Å². The van der Waals surface area contributed by atoms with E-state index in [1.54, 1.807) is 29.4 Å². The summed E-state index contributed by atoms with van der Waals surface area (Å²) in [5.74, 6) is 0.281. The summed E-state index contributed by atoms with van der Waals surface area (Å²) in [6.07, 6.45) is 0.792. The Balaban J connectivity index is 2.30. The molecule has 0 spiro atoms. The van der Waals surface area contributed by atoms with Gasteiger partial charge in [0.1, 0.15) is 5.69 Å². The van der Waals surface area contributed by atoms with E-state index in [-0.39, 0.29) is 5.91 Å². The number of aryl methyl sites for hydroxylation is 4. The summed E-state index contributed by atoms with van der Waals surface area (Å²) in [4.78, 5) is 12.4. The summed E-state index contributed by atoms with van der Waals surface area (Å²) in [5, 5.41) is 11.3. The average molecular weight is 276 g/mol. The fraction of sp³-hybridized carbons (Fsp3) is 0.462. The molecular weight excluding hydrogens is 256 g/mol. The Morgan fingerprint density at radius 3 is 2.60 bits per heavy atom. The third-order valence-corrected chi connectivity index (χ3v) is 3.23. The van der Waals surface area contributed by atoms with E-state index in [0.29, 0.717) is 29.4 Å². The van der Waals surface area contributed by atoms with Crippen molar-refractivity contribution in [2.75, 3.05) is 11.1 Å². The fourth-order valence-corrected chi connectivity index (χ4v) is 2.06. The number of hydrogen-bond donors (Lipinski definition) is 2. The number of nitrogens with zero attached hydrogens (tertiary/aromatic N) is 4. The van der Waals surface area contributed by atoms with E-state index in [0.717, 1.165) is 12.1 Å². The molecule has 1 amide bonds. The normalized spacial score (nSPS) is 10.8. The molecule has 2 aromatic heterocycles. The summed E-state index contributed by atoms with van der Waals surface area (Å²) in [5.41, 5.74) is 8.52. The molecule has 0 radical (unpaired) electrons. The zero-order valence-electron chi connectivity index (χ0n) is 12.3. The van der Waals surface area contributed by atoms with E-state index in [9.17, 15) is 4.79 Å². The minimum absolute atomic E-state index is 0.228. The lowest BCUT2D eigenvalue weighted by molar-refractivity contribution is 0.101. The highest BCUT2D eigenvalue weighted by atomic mass is 16.2. The van der Waals surface area contributed by atoms with Crippen LogP contribution in [0.2, 0.25) is 0 Å². The molecular formula is C13H20N6O. The number of nitrogen functional groups attached to an aromatic ring is 1. The average Bonchev–Trinajstić information content (AvgIpc) is 2.95. The molecule has 2 aromatic rings. The molecule has 0 unspecified atom stereocenters. The number of carbonyl (C=O) groups is 1. The van der Waals surface area contributed by atoms with Crippen LogP contribution in [-0.4, -0.2) is 25.5 Å². The van der Waals surface area contributed by atoms with Gasteiger partial charge in [0.05, 0.1) is 17.1 Å². The number of amides is 1. The highest BCUT2D eigenvalue weighted by Gasteiger charge is 2.18. The molecule has 0 aliphatic rings. The van der Waals surface area contributed by atoms with Crippen LogP contribution in [0.4, 0.5) is 11.5 Å². The van der Waals surface area contributed by atoms with Crippen LogP contribution in [0.15, 0.2) is 6.07 Å². The second kappa shape index (κ2) is 5.36. The van der Waals surface area contributed by atoms with Crippen molar-refractivity contribution in [3.05, 3.63) is 23.1 Å². The molecule has 0 atom stereocenters. The van der Waals surface area contributed by atoms with Gasteiger partial charge in [-0.25, -0.2) is 0 Å². The van der Waals surface area contributed by atoms with Gasteiger partial charge >= 0.3 is 0 Å². The molecule has 2 rings (SSSR count). The third-order valence-electron chi connectivity index (χ3n) is 3.23. The smallest absolute Gasteiger partial charge is 0.275 e. The van der Waals surface area contributed by atoms with Crippen LogP contribution >= 0.6 is 0 Å². The Labute approximate surface area is 117 Å². The monoisotopic (exact) mass is 276 g/mol. The predicted molar refractivity (Wildman–Crippen MR) is 77.6 cm³/mol. The molecule has 108 valence electrons. The molecule has 3 N–H and O–H groups in total. The Morgan fingerprint density at radius 2 is 2.10 bits per heavy atom. The number of carbonyl (C=O) groups excluding carboxylic acids is 1. The lowest BCUT2D eigenvalue weighted by Crippen LogP contribution is -2.19. The van der Waals surface area contributed by atoms with Crippen molar-refractivity contribution in [1.82, 2.24) is 19.6 Å². The highest BCUT2D eigenvalue weighted by molar-refractivity contribution is 6.04. The first-order valence-electron chi connectivity index (χ1n) is 6.65. The van der Waals surface area contributed by atoms with E-state index in [2.05, 4.69) is 15.5 Å². The summed E-state index contributed by atoms with van der Waals surface area (Å²) in [6, 6.07) is 1.80. The Kier molecular flexibility index (Phi) is 3.78. The molecule has 7 nitrogen and oxygen atoms in total. The van der Waals surface area contributed by atoms with Crippen molar-refractivity contribution in [3.8, 4) is 0 Å². The summed E-state index contributed by atoms with van der Waals surface area (Å²) >= 11 is 0. The van der Waals surface area contributed by atoms with Gasteiger partial charge in [-0.3, -0.25) is 14.2 Å². The zero-order chi connectivity index (χ0) is 14.9. The third kappa shape index (κ3) is 2.38. The van der Waals surface area contributed by atoms with Gasteiger partial charge in [0.2, 0.25) is 0 Å². The van der Waals surface area contributed by atoms with Gasteiger partial charge < -0.3 is 11.1 Å². The molecule has 0 saturated heterocycles. The van der Waals surface area contributed by atoms with Crippen LogP contribution in [0.1, 0.15) is 35.7 Å². The second-order valence-corrected chi connectivity index (χ2v) is 4.62. The molecule has 0 bridgehead atoms. The number of nitrogens with one attached hydrogen (secondary N) is 1. The maximum atomic E-state index is 12.4. The van der Waals surface area contributed by atoms with Crippen molar-refractivity contribution in [2.45, 2.75) is 33.7 Å². The Hall–Kier alpha value is -2.31. The summed E-state index contributed by atoms with van der Waals surface area (Å²) in [6.45, 7) is 6.40. The minimum atomic E-state index is -0.228. The molecule has 20 heavy (non-hydrogen) atoms. The Morgan fingerprint density at radius 1 is 1.40 bits per heavy atom. The first-order chi connectivity index (χ1) is 9.47. The van der Waals surface area contributed by atoms with Crippen LogP contribution in [0, 0.1) is 6.92 Å². The summed E-state index contributed by atoms with van der Waals surface area (Å²) < 4.78 is 3.25. The van der Waals surface area contributed by atoms with E-state index >= 15 is 0 Å². The largest absolute Gasteiger partial charge is 0.394 e. The predicted octanol–water partition coefficient (Wildman–Crippen LogP) is 1.34. The van der Waals surface area contributed by atoms with Crippen molar-refractivity contribution in [1.29, 1.82) is 0 Å². The number of nitrogens with two attached hydrogens (primary N) is 1. The van der Waals surface area contributed by atoms with Crippen LogP contribution in [0.3, 0.4) is 0 Å². The first kappa shape index (κ1) is 14.1. The molecule has 0 aromatic carbocycles. The minimum Gasteiger partial charge on any atom is -0.394 e. The first-order valence-corrected chi connectivity index (χ1v) is 6.65. The quantitative estimate of drug-likeness (QED) is 0.881. The molecule has 0 aliphatic heterocycles. The maximum Gasteiger partial charge on any atom is 0.275 e. The van der Waals surface area contributed by atoms with Crippen molar-refractivity contribution >= 4 is 17.4 Å². The number of anilines is 2. The van der Waals surface area contributed by atoms with E-state index in [1.165, 1.54) is 0 Å². The van der Waals surface area contributed by atoms with Crippen molar-refractivity contribution in [2.24, 2.45) is 7.05 Å². The van der Waals surface area contributed by atoms with Crippen LogP contribution in [0.5, 0.6) is 0 Å².